The van der Waals surface area contributed by atoms with E-state index in [0.717, 1.165) is 11.3 Å². The summed E-state index contributed by atoms with van der Waals surface area (Å²) in [6.45, 7) is 1.29. The fraction of sp³-hybridized carbons (Fsp3) is 0.143. The maximum atomic E-state index is 13.0. The van der Waals surface area contributed by atoms with Crippen molar-refractivity contribution in [1.82, 2.24) is 10.7 Å². The summed E-state index contributed by atoms with van der Waals surface area (Å²) in [5.74, 6) is -0.907. The summed E-state index contributed by atoms with van der Waals surface area (Å²) >= 11 is 0. The topological polar surface area (TPSA) is 109 Å². The second-order valence-corrected chi connectivity index (χ2v) is 8.07. The summed E-state index contributed by atoms with van der Waals surface area (Å²) in [6, 6.07) is 20.9. The zero-order valence-electron chi connectivity index (χ0n) is 21.0. The molecule has 2 N–H and O–H groups in total. The monoisotopic (exact) mass is 500 g/mol. The number of carbonyl (C=O) groups is 3. The molecule has 0 saturated heterocycles. The highest BCUT2D eigenvalue weighted by molar-refractivity contribution is 6.05. The second-order valence-electron chi connectivity index (χ2n) is 8.07. The van der Waals surface area contributed by atoms with Crippen molar-refractivity contribution in [2.45, 2.75) is 6.92 Å². The summed E-state index contributed by atoms with van der Waals surface area (Å²) in [4.78, 5) is 38.9. The SMILES string of the molecule is COc1cc(/C=N/NC(=O)/C(=C/c2ccc(N(C)C)cc2)NC(=O)c2ccccc2)ccc1OC(C)=O. The summed E-state index contributed by atoms with van der Waals surface area (Å²) in [5.41, 5.74) is 5.17. The molecule has 37 heavy (non-hydrogen) atoms. The van der Waals surface area contributed by atoms with E-state index >= 15 is 0 Å². The van der Waals surface area contributed by atoms with Crippen LogP contribution in [0.3, 0.4) is 0 Å². The number of anilines is 1. The van der Waals surface area contributed by atoms with Gasteiger partial charge < -0.3 is 19.7 Å². The number of nitrogens with one attached hydrogen (secondary N) is 2. The minimum Gasteiger partial charge on any atom is -0.493 e. The molecule has 0 aromatic heterocycles. The first-order valence-corrected chi connectivity index (χ1v) is 11.3. The number of methoxy groups -OCH3 is 1. The van der Waals surface area contributed by atoms with Gasteiger partial charge in [0.05, 0.1) is 13.3 Å². The van der Waals surface area contributed by atoms with Crippen LogP contribution in [0.5, 0.6) is 11.5 Å². The van der Waals surface area contributed by atoms with Crippen molar-refractivity contribution in [3.8, 4) is 11.5 Å². The lowest BCUT2D eigenvalue weighted by Gasteiger charge is -2.12. The maximum absolute atomic E-state index is 13.0. The van der Waals surface area contributed by atoms with E-state index in [1.165, 1.54) is 20.2 Å². The number of hydrogen-bond donors (Lipinski definition) is 2. The van der Waals surface area contributed by atoms with Gasteiger partial charge in [0, 0.05) is 32.3 Å². The van der Waals surface area contributed by atoms with Gasteiger partial charge in [-0.2, -0.15) is 5.10 Å². The molecule has 0 heterocycles. The molecule has 3 aromatic rings. The fourth-order valence-corrected chi connectivity index (χ4v) is 3.21. The number of rotatable bonds is 9. The van der Waals surface area contributed by atoms with Gasteiger partial charge in [0.2, 0.25) is 0 Å². The van der Waals surface area contributed by atoms with Gasteiger partial charge >= 0.3 is 5.97 Å². The lowest BCUT2D eigenvalue weighted by molar-refractivity contribution is -0.132. The molecule has 0 fully saturated rings. The third-order valence-electron chi connectivity index (χ3n) is 5.07. The van der Waals surface area contributed by atoms with E-state index < -0.39 is 17.8 Å². The van der Waals surface area contributed by atoms with Crippen LogP contribution in [-0.4, -0.2) is 45.2 Å². The summed E-state index contributed by atoms with van der Waals surface area (Å²) in [5, 5.41) is 6.67. The lowest BCUT2D eigenvalue weighted by atomic mass is 10.1. The molecule has 9 heteroatoms. The maximum Gasteiger partial charge on any atom is 0.308 e. The third-order valence-corrected chi connectivity index (χ3v) is 5.07. The van der Waals surface area contributed by atoms with E-state index in [2.05, 4.69) is 15.8 Å². The number of nitrogens with zero attached hydrogens (tertiary/aromatic N) is 2. The average molecular weight is 501 g/mol. The van der Waals surface area contributed by atoms with E-state index in [1.54, 1.807) is 54.6 Å². The van der Waals surface area contributed by atoms with E-state index in [9.17, 15) is 14.4 Å². The van der Waals surface area contributed by atoms with Gasteiger partial charge in [-0.25, -0.2) is 5.43 Å². The summed E-state index contributed by atoms with van der Waals surface area (Å²) < 4.78 is 10.3. The van der Waals surface area contributed by atoms with Crippen LogP contribution in [0, 0.1) is 0 Å². The number of hydrazone groups is 1. The number of esters is 1. The Morgan fingerprint density at radius 3 is 2.19 bits per heavy atom. The molecule has 0 aliphatic carbocycles. The number of amides is 2. The van der Waals surface area contributed by atoms with Gasteiger partial charge in [0.15, 0.2) is 11.5 Å². The molecule has 0 spiro atoms. The number of benzene rings is 3. The minimum atomic E-state index is -0.610. The van der Waals surface area contributed by atoms with Gasteiger partial charge in [-0.3, -0.25) is 14.4 Å². The smallest absolute Gasteiger partial charge is 0.308 e. The van der Waals surface area contributed by atoms with Crippen molar-refractivity contribution in [2.24, 2.45) is 5.10 Å². The molecule has 3 rings (SSSR count). The lowest BCUT2D eigenvalue weighted by Crippen LogP contribution is -2.32. The molecule has 0 aliphatic heterocycles. The van der Waals surface area contributed by atoms with Crippen LogP contribution in [0.25, 0.3) is 6.08 Å². The highest BCUT2D eigenvalue weighted by Gasteiger charge is 2.14. The number of ether oxygens (including phenoxy) is 2. The van der Waals surface area contributed by atoms with Crippen molar-refractivity contribution >= 4 is 35.8 Å². The Balaban J connectivity index is 1.80. The van der Waals surface area contributed by atoms with Crippen LogP contribution in [0.15, 0.2) is 83.6 Å². The minimum absolute atomic E-state index is 0.0198. The molecule has 0 radical (unpaired) electrons. The predicted molar refractivity (Wildman–Crippen MR) is 143 cm³/mol. The molecule has 0 bridgehead atoms. The molecular formula is C28H28N4O5. The standard InChI is InChI=1S/C28H28N4O5/c1-19(33)37-25-15-12-21(17-26(25)36-4)18-29-31-28(35)24(30-27(34)22-8-6-5-7-9-22)16-20-10-13-23(14-11-20)32(2)3/h5-18H,1-4H3,(H,30,34)(H,31,35)/b24-16-,29-18+. The molecular weight excluding hydrogens is 472 g/mol. The first-order chi connectivity index (χ1) is 17.8. The van der Waals surface area contributed by atoms with Crippen LogP contribution >= 0.6 is 0 Å². The zero-order chi connectivity index (χ0) is 26.8. The van der Waals surface area contributed by atoms with E-state index in [1.807, 2.05) is 43.3 Å². The zero-order valence-corrected chi connectivity index (χ0v) is 21.0. The highest BCUT2D eigenvalue weighted by atomic mass is 16.6. The molecule has 190 valence electrons. The number of carbonyl (C=O) groups excluding carboxylic acids is 3. The van der Waals surface area contributed by atoms with E-state index in [0.29, 0.717) is 16.9 Å². The van der Waals surface area contributed by atoms with Crippen molar-refractivity contribution in [2.75, 3.05) is 26.1 Å². The Morgan fingerprint density at radius 1 is 0.892 bits per heavy atom. The predicted octanol–water partition coefficient (Wildman–Crippen LogP) is 3.61. The average Bonchev–Trinajstić information content (AvgIpc) is 2.89. The Bertz CT molecular complexity index is 1320. The van der Waals surface area contributed by atoms with Crippen LogP contribution in [-0.2, 0) is 9.59 Å². The Hall–Kier alpha value is -4.92. The third kappa shape index (κ3) is 7.79. The largest absolute Gasteiger partial charge is 0.493 e. The van der Waals surface area contributed by atoms with Gasteiger partial charge in [0.25, 0.3) is 11.8 Å². The summed E-state index contributed by atoms with van der Waals surface area (Å²) in [6.07, 6.45) is 2.97. The molecule has 0 aliphatic rings. The van der Waals surface area contributed by atoms with E-state index in [-0.39, 0.29) is 11.4 Å². The van der Waals surface area contributed by atoms with Crippen LogP contribution in [0.1, 0.15) is 28.4 Å². The van der Waals surface area contributed by atoms with Gasteiger partial charge in [0.1, 0.15) is 5.70 Å². The van der Waals surface area contributed by atoms with Crippen molar-refractivity contribution in [3.63, 3.8) is 0 Å². The van der Waals surface area contributed by atoms with Crippen molar-refractivity contribution in [1.29, 1.82) is 0 Å². The Kier molecular flexibility index (Phi) is 9.15. The summed E-state index contributed by atoms with van der Waals surface area (Å²) in [7, 11) is 5.31. The molecule has 0 atom stereocenters. The quantitative estimate of drug-likeness (QED) is 0.153. The van der Waals surface area contributed by atoms with Crippen molar-refractivity contribution < 1.29 is 23.9 Å². The first kappa shape index (κ1) is 26.7. The molecule has 9 nitrogen and oxygen atoms in total. The molecule has 2 amide bonds. The van der Waals surface area contributed by atoms with Gasteiger partial charge in [-0.05, 0) is 59.7 Å². The molecule has 0 saturated carbocycles. The fourth-order valence-electron chi connectivity index (χ4n) is 3.21. The second kappa shape index (κ2) is 12.7. The van der Waals surface area contributed by atoms with Gasteiger partial charge in [-0.15, -0.1) is 0 Å². The van der Waals surface area contributed by atoms with Crippen LogP contribution in [0.4, 0.5) is 5.69 Å². The Morgan fingerprint density at radius 2 is 1.57 bits per heavy atom. The molecule has 3 aromatic carbocycles. The number of hydrogen-bond acceptors (Lipinski definition) is 7. The first-order valence-electron chi connectivity index (χ1n) is 11.3. The van der Waals surface area contributed by atoms with Crippen LogP contribution < -0.4 is 25.1 Å². The normalized spacial score (nSPS) is 11.1. The highest BCUT2D eigenvalue weighted by Crippen LogP contribution is 2.27. The van der Waals surface area contributed by atoms with Crippen molar-refractivity contribution in [3.05, 3.63) is 95.2 Å². The van der Waals surface area contributed by atoms with Crippen LogP contribution in [0.2, 0.25) is 0 Å². The molecule has 0 unspecified atom stereocenters. The van der Waals surface area contributed by atoms with E-state index in [4.69, 9.17) is 9.47 Å². The van der Waals surface area contributed by atoms with Gasteiger partial charge in [-0.1, -0.05) is 30.3 Å². The Labute approximate surface area is 215 Å².